The van der Waals surface area contributed by atoms with Crippen LogP contribution in [0, 0.1) is 0 Å². The van der Waals surface area contributed by atoms with Gasteiger partial charge < -0.3 is 5.11 Å². The van der Waals surface area contributed by atoms with E-state index < -0.39 is 11.5 Å². The zero-order valence-electron chi connectivity index (χ0n) is 9.57. The van der Waals surface area contributed by atoms with Crippen LogP contribution in [0.5, 0.6) is 0 Å². The largest absolute Gasteiger partial charge is 0.477 e. The normalized spacial score (nSPS) is 10.7. The molecule has 3 aromatic heterocycles. The number of H-pyrrole nitrogens is 1. The molecule has 0 aliphatic carbocycles. The first kappa shape index (κ1) is 11.1. The summed E-state index contributed by atoms with van der Waals surface area (Å²) in [6.07, 6.45) is 3.25. The highest BCUT2D eigenvalue weighted by Gasteiger charge is 2.11. The zero-order chi connectivity index (χ0) is 13.4. The van der Waals surface area contributed by atoms with Crippen molar-refractivity contribution >= 4 is 11.6 Å². The topological polar surface area (TPSA) is 100 Å². The molecule has 0 aliphatic heterocycles. The van der Waals surface area contributed by atoms with Gasteiger partial charge in [0, 0.05) is 30.1 Å². The van der Waals surface area contributed by atoms with E-state index in [0.29, 0.717) is 5.69 Å². The average molecular weight is 256 g/mol. The first-order chi connectivity index (χ1) is 9.15. The molecule has 0 radical (unpaired) electrons. The lowest BCUT2D eigenvalue weighted by atomic mass is 10.2. The Morgan fingerprint density at radius 2 is 2.00 bits per heavy atom. The summed E-state index contributed by atoms with van der Waals surface area (Å²) < 4.78 is 1.20. The molecular weight excluding hydrogens is 248 g/mol. The maximum Gasteiger partial charge on any atom is 0.354 e. The molecule has 0 bridgehead atoms. The molecule has 19 heavy (non-hydrogen) atoms. The predicted octanol–water partition coefficient (Wildman–Crippen LogP) is 0.783. The second-order valence-corrected chi connectivity index (χ2v) is 3.88. The summed E-state index contributed by atoms with van der Waals surface area (Å²) >= 11 is 0. The first-order valence-electron chi connectivity index (χ1n) is 5.42. The summed E-state index contributed by atoms with van der Waals surface area (Å²) in [6.45, 7) is 0. The first-order valence-corrected chi connectivity index (χ1v) is 5.42. The predicted molar refractivity (Wildman–Crippen MR) is 66.0 cm³/mol. The van der Waals surface area contributed by atoms with Crippen molar-refractivity contribution in [3.05, 3.63) is 52.7 Å². The number of rotatable bonds is 2. The number of aromatic carboxylic acids is 1. The van der Waals surface area contributed by atoms with Gasteiger partial charge in [-0.05, 0) is 12.1 Å². The molecule has 7 heteroatoms. The molecule has 0 atom stereocenters. The van der Waals surface area contributed by atoms with Crippen LogP contribution in [0.4, 0.5) is 0 Å². The van der Waals surface area contributed by atoms with Gasteiger partial charge in [0.2, 0.25) is 0 Å². The van der Waals surface area contributed by atoms with Crippen molar-refractivity contribution in [1.82, 2.24) is 19.6 Å². The number of hydrogen-bond acceptors (Lipinski definition) is 4. The van der Waals surface area contributed by atoms with E-state index in [-0.39, 0.29) is 11.3 Å². The van der Waals surface area contributed by atoms with Crippen molar-refractivity contribution in [2.45, 2.75) is 0 Å². The van der Waals surface area contributed by atoms with Gasteiger partial charge in [-0.1, -0.05) is 0 Å². The minimum atomic E-state index is -1.23. The van der Waals surface area contributed by atoms with E-state index in [2.05, 4.69) is 15.1 Å². The number of fused-ring (bicyclic) bond motifs is 1. The second-order valence-electron chi connectivity index (χ2n) is 3.88. The van der Waals surface area contributed by atoms with Crippen LogP contribution in [-0.2, 0) is 0 Å². The summed E-state index contributed by atoms with van der Waals surface area (Å²) in [6, 6.07) is 6.13. The molecule has 0 saturated carbocycles. The van der Waals surface area contributed by atoms with Crippen LogP contribution in [0.15, 0.2) is 41.5 Å². The standard InChI is InChI=1S/C12H8N4O3/c17-11-6-9(12(18)19)14-10-5-8(15-16(10)11)7-1-3-13-4-2-7/h1-6,15H,(H,18,19). The zero-order valence-corrected chi connectivity index (χ0v) is 9.57. The van der Waals surface area contributed by atoms with E-state index in [9.17, 15) is 9.59 Å². The Bertz CT molecular complexity index is 820. The third-order valence-corrected chi connectivity index (χ3v) is 2.66. The lowest BCUT2D eigenvalue weighted by molar-refractivity contribution is 0.0690. The fraction of sp³-hybridized carbons (Fsp3) is 0. The Morgan fingerprint density at radius 3 is 2.68 bits per heavy atom. The summed E-state index contributed by atoms with van der Waals surface area (Å²) in [5.41, 5.74) is 1.01. The van der Waals surface area contributed by atoms with E-state index in [1.807, 2.05) is 0 Å². The van der Waals surface area contributed by atoms with E-state index in [1.165, 1.54) is 4.52 Å². The van der Waals surface area contributed by atoms with Crippen LogP contribution in [0.1, 0.15) is 10.5 Å². The SMILES string of the molecule is O=C(O)c1cc(=O)n2[nH]c(-c3ccncc3)cc2n1. The average Bonchev–Trinajstić information content (AvgIpc) is 2.84. The fourth-order valence-corrected chi connectivity index (χ4v) is 1.78. The minimum Gasteiger partial charge on any atom is -0.477 e. The second kappa shape index (κ2) is 4.05. The molecule has 3 aromatic rings. The van der Waals surface area contributed by atoms with Crippen LogP contribution in [0.2, 0.25) is 0 Å². The number of carbonyl (C=O) groups is 1. The van der Waals surface area contributed by atoms with E-state index >= 15 is 0 Å². The summed E-state index contributed by atoms with van der Waals surface area (Å²) in [4.78, 5) is 30.4. The minimum absolute atomic E-state index is 0.261. The highest BCUT2D eigenvalue weighted by atomic mass is 16.4. The van der Waals surface area contributed by atoms with E-state index in [1.54, 1.807) is 30.6 Å². The van der Waals surface area contributed by atoms with Crippen molar-refractivity contribution in [2.75, 3.05) is 0 Å². The van der Waals surface area contributed by atoms with Crippen LogP contribution >= 0.6 is 0 Å². The Kier molecular flexibility index (Phi) is 2.38. The molecule has 0 aliphatic rings. The van der Waals surface area contributed by atoms with Gasteiger partial charge in [0.25, 0.3) is 5.56 Å². The van der Waals surface area contributed by atoms with Crippen molar-refractivity contribution in [3.8, 4) is 11.3 Å². The molecule has 0 amide bonds. The van der Waals surface area contributed by atoms with Crippen LogP contribution in [-0.4, -0.2) is 30.7 Å². The summed E-state index contributed by atoms with van der Waals surface area (Å²) in [7, 11) is 0. The highest BCUT2D eigenvalue weighted by molar-refractivity contribution is 5.85. The number of carboxylic acids is 1. The Labute approximate surface area is 106 Å². The molecule has 94 valence electrons. The van der Waals surface area contributed by atoms with Crippen molar-refractivity contribution < 1.29 is 9.90 Å². The monoisotopic (exact) mass is 256 g/mol. The van der Waals surface area contributed by atoms with Gasteiger partial charge in [0.15, 0.2) is 11.3 Å². The van der Waals surface area contributed by atoms with Gasteiger partial charge in [-0.3, -0.25) is 14.9 Å². The van der Waals surface area contributed by atoms with Crippen LogP contribution in [0.25, 0.3) is 16.9 Å². The quantitative estimate of drug-likeness (QED) is 0.705. The third-order valence-electron chi connectivity index (χ3n) is 2.66. The Balaban J connectivity index is 2.24. The summed E-state index contributed by atoms with van der Waals surface area (Å²) in [5, 5.41) is 11.7. The molecule has 0 spiro atoms. The number of hydrogen-bond donors (Lipinski definition) is 2. The van der Waals surface area contributed by atoms with E-state index in [4.69, 9.17) is 5.11 Å². The highest BCUT2D eigenvalue weighted by Crippen LogP contribution is 2.16. The molecule has 0 unspecified atom stereocenters. The molecule has 7 nitrogen and oxygen atoms in total. The van der Waals surface area contributed by atoms with Gasteiger partial charge in [0.05, 0.1) is 5.69 Å². The molecule has 3 heterocycles. The van der Waals surface area contributed by atoms with Gasteiger partial charge in [0.1, 0.15) is 0 Å². The van der Waals surface area contributed by atoms with Gasteiger partial charge in [-0.15, -0.1) is 0 Å². The number of pyridine rings is 1. The Hall–Kier alpha value is -2.96. The maximum atomic E-state index is 11.8. The van der Waals surface area contributed by atoms with E-state index in [0.717, 1.165) is 11.6 Å². The third kappa shape index (κ3) is 1.86. The molecular formula is C12H8N4O3. The number of nitrogens with zero attached hydrogens (tertiary/aromatic N) is 3. The lowest BCUT2D eigenvalue weighted by Crippen LogP contribution is -2.17. The number of carboxylic acid groups (broad SMARTS) is 1. The fourth-order valence-electron chi connectivity index (χ4n) is 1.78. The lowest BCUT2D eigenvalue weighted by Gasteiger charge is -1.95. The van der Waals surface area contributed by atoms with Crippen LogP contribution in [0.3, 0.4) is 0 Å². The van der Waals surface area contributed by atoms with Crippen molar-refractivity contribution in [2.24, 2.45) is 0 Å². The number of nitrogens with one attached hydrogen (secondary N) is 1. The maximum absolute atomic E-state index is 11.8. The number of aromatic amines is 1. The van der Waals surface area contributed by atoms with Crippen LogP contribution < -0.4 is 5.56 Å². The summed E-state index contributed by atoms with van der Waals surface area (Å²) in [5.74, 6) is -1.23. The smallest absolute Gasteiger partial charge is 0.354 e. The van der Waals surface area contributed by atoms with Gasteiger partial charge in [-0.2, -0.15) is 0 Å². The molecule has 0 aromatic carbocycles. The van der Waals surface area contributed by atoms with Crippen molar-refractivity contribution in [1.29, 1.82) is 0 Å². The molecule has 3 rings (SSSR count). The van der Waals surface area contributed by atoms with Crippen molar-refractivity contribution in [3.63, 3.8) is 0 Å². The molecule has 0 fully saturated rings. The van der Waals surface area contributed by atoms with Gasteiger partial charge >= 0.3 is 5.97 Å². The molecule has 2 N–H and O–H groups in total. The Morgan fingerprint density at radius 1 is 1.26 bits per heavy atom. The van der Waals surface area contributed by atoms with Gasteiger partial charge in [-0.25, -0.2) is 14.3 Å². The molecule has 0 saturated heterocycles. The number of aromatic nitrogens is 4.